The standard InChI is InChI=1S/C15H12N2O2/c1-2-8-17-14(18)10-5-3-4-9-6-7-11(16)13(12(9)10)15(17)19/h2-7H,1,8,16H2. The van der Waals surface area contributed by atoms with Gasteiger partial charge in [-0.15, -0.1) is 6.58 Å². The van der Waals surface area contributed by atoms with Gasteiger partial charge in [0.15, 0.2) is 0 Å². The Morgan fingerprint density at radius 1 is 1.16 bits per heavy atom. The number of benzene rings is 2. The van der Waals surface area contributed by atoms with Crippen molar-refractivity contribution in [2.45, 2.75) is 0 Å². The van der Waals surface area contributed by atoms with Crippen LogP contribution in [-0.2, 0) is 0 Å². The molecule has 0 atom stereocenters. The summed E-state index contributed by atoms with van der Waals surface area (Å²) < 4.78 is 0. The van der Waals surface area contributed by atoms with E-state index < -0.39 is 0 Å². The van der Waals surface area contributed by atoms with Crippen molar-refractivity contribution < 1.29 is 9.59 Å². The van der Waals surface area contributed by atoms with Crippen molar-refractivity contribution in [1.29, 1.82) is 0 Å². The average molecular weight is 252 g/mol. The molecule has 0 bridgehead atoms. The Morgan fingerprint density at radius 3 is 2.68 bits per heavy atom. The number of rotatable bonds is 2. The van der Waals surface area contributed by atoms with E-state index in [0.29, 0.717) is 22.2 Å². The third-order valence-electron chi connectivity index (χ3n) is 3.32. The third-order valence-corrected chi connectivity index (χ3v) is 3.32. The number of nitrogens with zero attached hydrogens (tertiary/aromatic N) is 1. The van der Waals surface area contributed by atoms with Gasteiger partial charge in [0.05, 0.1) is 5.56 Å². The maximum Gasteiger partial charge on any atom is 0.263 e. The van der Waals surface area contributed by atoms with Crippen molar-refractivity contribution >= 4 is 28.3 Å². The summed E-state index contributed by atoms with van der Waals surface area (Å²) in [5, 5.41) is 1.50. The molecule has 2 aromatic rings. The van der Waals surface area contributed by atoms with E-state index in [9.17, 15) is 9.59 Å². The molecule has 1 heterocycles. The van der Waals surface area contributed by atoms with Crippen molar-refractivity contribution in [3.05, 3.63) is 54.1 Å². The Morgan fingerprint density at radius 2 is 1.95 bits per heavy atom. The Balaban J connectivity index is 2.40. The minimum absolute atomic E-state index is 0.182. The van der Waals surface area contributed by atoms with Crippen LogP contribution in [0.15, 0.2) is 43.0 Å². The normalized spacial score (nSPS) is 14.0. The number of amides is 2. The van der Waals surface area contributed by atoms with Crippen LogP contribution < -0.4 is 5.73 Å². The van der Waals surface area contributed by atoms with Gasteiger partial charge in [0, 0.05) is 23.2 Å². The lowest BCUT2D eigenvalue weighted by atomic mass is 9.93. The highest BCUT2D eigenvalue weighted by Gasteiger charge is 2.33. The number of hydrogen-bond donors (Lipinski definition) is 1. The molecule has 1 aliphatic heterocycles. The molecule has 0 radical (unpaired) electrons. The highest BCUT2D eigenvalue weighted by molar-refractivity contribution is 6.27. The molecule has 2 N–H and O–H groups in total. The molecule has 0 fully saturated rings. The second-order valence-electron chi connectivity index (χ2n) is 4.44. The van der Waals surface area contributed by atoms with Gasteiger partial charge in [-0.3, -0.25) is 14.5 Å². The van der Waals surface area contributed by atoms with Gasteiger partial charge in [-0.1, -0.05) is 24.3 Å². The number of carbonyl (C=O) groups excluding carboxylic acids is 2. The summed E-state index contributed by atoms with van der Waals surface area (Å²) in [7, 11) is 0. The molecule has 0 unspecified atom stereocenters. The first-order chi connectivity index (χ1) is 9.15. The van der Waals surface area contributed by atoms with Gasteiger partial charge in [-0.2, -0.15) is 0 Å². The molecule has 19 heavy (non-hydrogen) atoms. The van der Waals surface area contributed by atoms with E-state index in [-0.39, 0.29) is 18.4 Å². The summed E-state index contributed by atoms with van der Waals surface area (Å²) in [4.78, 5) is 25.9. The highest BCUT2D eigenvalue weighted by Crippen LogP contribution is 2.33. The third kappa shape index (κ3) is 1.46. The lowest BCUT2D eigenvalue weighted by Crippen LogP contribution is -2.40. The highest BCUT2D eigenvalue weighted by atomic mass is 16.2. The SMILES string of the molecule is C=CCN1C(=O)c2cccc3ccc(N)c(c23)C1=O. The quantitative estimate of drug-likeness (QED) is 0.506. The van der Waals surface area contributed by atoms with Gasteiger partial charge in [0.1, 0.15) is 0 Å². The fraction of sp³-hybridized carbons (Fsp3) is 0.0667. The first-order valence-corrected chi connectivity index (χ1v) is 5.93. The minimum Gasteiger partial charge on any atom is -0.398 e. The molecule has 0 saturated heterocycles. The van der Waals surface area contributed by atoms with Gasteiger partial charge in [0.2, 0.25) is 0 Å². The van der Waals surface area contributed by atoms with E-state index in [0.717, 1.165) is 5.39 Å². The summed E-state index contributed by atoms with van der Waals surface area (Å²) >= 11 is 0. The zero-order chi connectivity index (χ0) is 13.6. The maximum atomic E-state index is 12.4. The van der Waals surface area contributed by atoms with E-state index in [1.165, 1.54) is 11.0 Å². The number of hydrogen-bond acceptors (Lipinski definition) is 3. The monoisotopic (exact) mass is 252 g/mol. The van der Waals surface area contributed by atoms with Gasteiger partial charge in [-0.25, -0.2) is 0 Å². The Labute approximate surface area is 110 Å². The fourth-order valence-electron chi connectivity index (χ4n) is 2.47. The topological polar surface area (TPSA) is 63.4 Å². The number of nitrogen functional groups attached to an aromatic ring is 1. The van der Waals surface area contributed by atoms with Crippen molar-refractivity contribution in [3.63, 3.8) is 0 Å². The van der Waals surface area contributed by atoms with Crippen LogP contribution in [0.1, 0.15) is 20.7 Å². The minimum atomic E-state index is -0.355. The first-order valence-electron chi connectivity index (χ1n) is 5.93. The van der Waals surface area contributed by atoms with E-state index in [2.05, 4.69) is 6.58 Å². The summed E-state index contributed by atoms with van der Waals surface area (Å²) in [5.41, 5.74) is 7.23. The second kappa shape index (κ2) is 3.95. The number of carbonyl (C=O) groups is 2. The predicted octanol–water partition coefficient (Wildman–Crippen LogP) is 2.20. The first kappa shape index (κ1) is 11.5. The van der Waals surface area contributed by atoms with Crippen molar-refractivity contribution in [2.75, 3.05) is 12.3 Å². The summed E-state index contributed by atoms with van der Waals surface area (Å²) in [6.07, 6.45) is 1.53. The smallest absolute Gasteiger partial charge is 0.263 e. The van der Waals surface area contributed by atoms with Gasteiger partial charge >= 0.3 is 0 Å². The molecule has 94 valence electrons. The predicted molar refractivity (Wildman–Crippen MR) is 73.9 cm³/mol. The van der Waals surface area contributed by atoms with E-state index >= 15 is 0 Å². The van der Waals surface area contributed by atoms with Crippen molar-refractivity contribution in [2.24, 2.45) is 0 Å². The molecule has 0 aromatic heterocycles. The van der Waals surface area contributed by atoms with Gasteiger partial charge in [0.25, 0.3) is 11.8 Å². The van der Waals surface area contributed by atoms with Crippen LogP contribution in [0, 0.1) is 0 Å². The second-order valence-corrected chi connectivity index (χ2v) is 4.44. The fourth-order valence-corrected chi connectivity index (χ4v) is 2.47. The van der Waals surface area contributed by atoms with Crippen LogP contribution >= 0.6 is 0 Å². The van der Waals surface area contributed by atoms with Crippen LogP contribution in [0.3, 0.4) is 0 Å². The van der Waals surface area contributed by atoms with E-state index in [1.54, 1.807) is 18.2 Å². The summed E-state index contributed by atoms with van der Waals surface area (Å²) in [6.45, 7) is 3.76. The molecular formula is C15H12N2O2. The molecule has 3 rings (SSSR count). The van der Waals surface area contributed by atoms with Crippen LogP contribution in [0.4, 0.5) is 5.69 Å². The zero-order valence-corrected chi connectivity index (χ0v) is 10.2. The summed E-state index contributed by atoms with van der Waals surface area (Å²) in [5.74, 6) is -0.652. The molecule has 4 nitrogen and oxygen atoms in total. The summed E-state index contributed by atoms with van der Waals surface area (Å²) in [6, 6.07) is 8.90. The number of imide groups is 1. The molecule has 2 amide bonds. The lowest BCUT2D eigenvalue weighted by Gasteiger charge is -2.27. The van der Waals surface area contributed by atoms with Crippen molar-refractivity contribution in [3.8, 4) is 0 Å². The Kier molecular flexibility index (Phi) is 2.38. The Bertz CT molecular complexity index is 734. The van der Waals surface area contributed by atoms with Crippen molar-refractivity contribution in [1.82, 2.24) is 4.90 Å². The zero-order valence-electron chi connectivity index (χ0n) is 10.2. The Hall–Kier alpha value is -2.62. The van der Waals surface area contributed by atoms with E-state index in [4.69, 9.17) is 5.73 Å². The van der Waals surface area contributed by atoms with E-state index in [1.807, 2.05) is 12.1 Å². The van der Waals surface area contributed by atoms with Crippen LogP contribution in [0.5, 0.6) is 0 Å². The lowest BCUT2D eigenvalue weighted by molar-refractivity contribution is 0.0629. The molecule has 4 heteroatoms. The molecule has 1 aliphatic rings. The maximum absolute atomic E-state index is 12.4. The van der Waals surface area contributed by atoms with Crippen LogP contribution in [0.2, 0.25) is 0 Å². The number of anilines is 1. The van der Waals surface area contributed by atoms with Gasteiger partial charge in [-0.05, 0) is 17.5 Å². The average Bonchev–Trinajstić information content (AvgIpc) is 2.41. The molecule has 0 aliphatic carbocycles. The molecule has 2 aromatic carbocycles. The molecule has 0 spiro atoms. The molecule has 0 saturated carbocycles. The van der Waals surface area contributed by atoms with Crippen LogP contribution in [0.25, 0.3) is 10.8 Å². The molecular weight excluding hydrogens is 240 g/mol. The van der Waals surface area contributed by atoms with Crippen LogP contribution in [-0.4, -0.2) is 23.3 Å². The largest absolute Gasteiger partial charge is 0.398 e. The number of nitrogens with two attached hydrogens (primary N) is 1. The van der Waals surface area contributed by atoms with Gasteiger partial charge < -0.3 is 5.73 Å².